The molecule has 128 valence electrons. The minimum absolute atomic E-state index is 0.134. The molecule has 0 aliphatic heterocycles. The van der Waals surface area contributed by atoms with E-state index in [1.807, 2.05) is 18.2 Å². The van der Waals surface area contributed by atoms with E-state index in [0.29, 0.717) is 16.6 Å². The summed E-state index contributed by atoms with van der Waals surface area (Å²) < 4.78 is 0. The molecular formula is C20H16N4O2. The molecule has 6 nitrogen and oxygen atoms in total. The van der Waals surface area contributed by atoms with Crippen LogP contribution in [0.2, 0.25) is 0 Å². The van der Waals surface area contributed by atoms with Gasteiger partial charge in [0, 0.05) is 12.6 Å². The first-order valence-corrected chi connectivity index (χ1v) is 7.99. The fourth-order valence-electron chi connectivity index (χ4n) is 2.35. The third kappa shape index (κ3) is 3.84. The summed E-state index contributed by atoms with van der Waals surface area (Å²) in [7, 11) is 1.57. The Hall–Kier alpha value is -3.72. The Morgan fingerprint density at radius 1 is 1.00 bits per heavy atom. The lowest BCUT2D eigenvalue weighted by Crippen LogP contribution is -2.24. The van der Waals surface area contributed by atoms with Crippen molar-refractivity contribution in [2.75, 3.05) is 13.6 Å². The summed E-state index contributed by atoms with van der Waals surface area (Å²) in [5.74, 6) is 5.20. The van der Waals surface area contributed by atoms with E-state index in [0.717, 1.165) is 5.52 Å². The highest BCUT2D eigenvalue weighted by molar-refractivity contribution is 5.96. The number of rotatable bonds is 3. The van der Waals surface area contributed by atoms with Gasteiger partial charge in [-0.2, -0.15) is 0 Å². The first-order chi connectivity index (χ1) is 12.7. The Kier molecular flexibility index (Phi) is 5.20. The van der Waals surface area contributed by atoms with E-state index in [1.54, 1.807) is 37.4 Å². The monoisotopic (exact) mass is 344 g/mol. The first-order valence-electron chi connectivity index (χ1n) is 7.99. The molecule has 0 radical (unpaired) electrons. The maximum Gasteiger partial charge on any atom is 0.272 e. The van der Waals surface area contributed by atoms with Crippen LogP contribution >= 0.6 is 0 Å². The van der Waals surface area contributed by atoms with Crippen LogP contribution in [-0.2, 0) is 0 Å². The molecule has 2 N–H and O–H groups in total. The zero-order chi connectivity index (χ0) is 18.4. The molecule has 0 atom stereocenters. The number of hydrogen-bond acceptors (Lipinski definition) is 4. The average molecular weight is 344 g/mol. The molecule has 0 spiro atoms. The molecule has 0 saturated heterocycles. The second kappa shape index (κ2) is 7.90. The van der Waals surface area contributed by atoms with E-state index in [-0.39, 0.29) is 24.1 Å². The highest BCUT2D eigenvalue weighted by Gasteiger charge is 2.08. The summed E-state index contributed by atoms with van der Waals surface area (Å²) in [4.78, 5) is 32.5. The van der Waals surface area contributed by atoms with Crippen molar-refractivity contribution in [3.05, 3.63) is 71.5 Å². The molecule has 1 aromatic heterocycles. The molecule has 1 heterocycles. The van der Waals surface area contributed by atoms with Gasteiger partial charge in [-0.15, -0.1) is 0 Å². The fraction of sp³-hybridized carbons (Fsp3) is 0.100. The van der Waals surface area contributed by atoms with E-state index >= 15 is 0 Å². The van der Waals surface area contributed by atoms with E-state index in [9.17, 15) is 9.59 Å². The van der Waals surface area contributed by atoms with Crippen LogP contribution in [-0.4, -0.2) is 35.4 Å². The van der Waals surface area contributed by atoms with Crippen molar-refractivity contribution >= 4 is 22.8 Å². The molecule has 3 aromatic rings. The average Bonchev–Trinajstić information content (AvgIpc) is 2.70. The van der Waals surface area contributed by atoms with Crippen LogP contribution < -0.4 is 10.6 Å². The second-order valence-electron chi connectivity index (χ2n) is 5.35. The van der Waals surface area contributed by atoms with Crippen molar-refractivity contribution in [2.45, 2.75) is 0 Å². The Balaban J connectivity index is 1.68. The summed E-state index contributed by atoms with van der Waals surface area (Å²) in [6.07, 6.45) is 1.44. The van der Waals surface area contributed by atoms with Gasteiger partial charge in [0.2, 0.25) is 0 Å². The quantitative estimate of drug-likeness (QED) is 0.709. The van der Waals surface area contributed by atoms with Gasteiger partial charge in [-0.3, -0.25) is 14.6 Å². The third-order valence-electron chi connectivity index (χ3n) is 3.64. The number of nitrogens with one attached hydrogen (secondary N) is 2. The van der Waals surface area contributed by atoms with Crippen molar-refractivity contribution in [1.82, 2.24) is 20.6 Å². The van der Waals surface area contributed by atoms with Gasteiger partial charge in [0.05, 0.1) is 29.3 Å². The molecule has 0 aliphatic carbocycles. The summed E-state index contributed by atoms with van der Waals surface area (Å²) >= 11 is 0. The second-order valence-corrected chi connectivity index (χ2v) is 5.35. The number of carbonyl (C=O) groups excluding carboxylic acids is 2. The SMILES string of the molecule is CNC(=O)c1ccccc1C#CCNC(=O)c1cnc2ccccc2n1. The molecule has 2 aromatic carbocycles. The van der Waals surface area contributed by atoms with Crippen LogP contribution in [0.3, 0.4) is 0 Å². The number of amides is 2. The van der Waals surface area contributed by atoms with E-state index in [4.69, 9.17) is 0 Å². The van der Waals surface area contributed by atoms with Crippen LogP contribution in [0.1, 0.15) is 26.4 Å². The molecule has 2 amide bonds. The minimum atomic E-state index is -0.350. The fourth-order valence-corrected chi connectivity index (χ4v) is 2.35. The largest absolute Gasteiger partial charge is 0.355 e. The van der Waals surface area contributed by atoms with Crippen molar-refractivity contribution in [3.63, 3.8) is 0 Å². The summed E-state index contributed by atoms with van der Waals surface area (Å²) in [5, 5.41) is 5.26. The topological polar surface area (TPSA) is 84.0 Å². The summed E-state index contributed by atoms with van der Waals surface area (Å²) in [6.45, 7) is 0.134. The zero-order valence-electron chi connectivity index (χ0n) is 14.1. The van der Waals surface area contributed by atoms with Gasteiger partial charge in [-0.05, 0) is 24.3 Å². The van der Waals surface area contributed by atoms with Crippen molar-refractivity contribution in [1.29, 1.82) is 0 Å². The number of hydrogen-bond donors (Lipinski definition) is 2. The van der Waals surface area contributed by atoms with E-state index in [2.05, 4.69) is 32.4 Å². The molecule has 0 bridgehead atoms. The summed E-state index contributed by atoms with van der Waals surface area (Å²) in [5.41, 5.74) is 2.72. The lowest BCUT2D eigenvalue weighted by Gasteiger charge is -2.03. The van der Waals surface area contributed by atoms with Gasteiger partial charge >= 0.3 is 0 Å². The van der Waals surface area contributed by atoms with E-state index < -0.39 is 0 Å². The number of benzene rings is 2. The van der Waals surface area contributed by atoms with Gasteiger partial charge in [0.1, 0.15) is 5.69 Å². The molecular weight excluding hydrogens is 328 g/mol. The van der Waals surface area contributed by atoms with Crippen LogP contribution in [0.25, 0.3) is 11.0 Å². The van der Waals surface area contributed by atoms with Gasteiger partial charge in [0.15, 0.2) is 0 Å². The van der Waals surface area contributed by atoms with E-state index in [1.165, 1.54) is 6.20 Å². The number of carbonyl (C=O) groups is 2. The summed E-state index contributed by atoms with van der Waals surface area (Å²) in [6, 6.07) is 14.4. The van der Waals surface area contributed by atoms with Crippen molar-refractivity contribution in [2.24, 2.45) is 0 Å². The molecule has 0 aliphatic rings. The normalized spacial score (nSPS) is 9.88. The molecule has 6 heteroatoms. The molecule has 26 heavy (non-hydrogen) atoms. The maximum atomic E-state index is 12.2. The van der Waals surface area contributed by atoms with Gasteiger partial charge in [0.25, 0.3) is 11.8 Å². The first kappa shape index (κ1) is 17.1. The lowest BCUT2D eigenvalue weighted by atomic mass is 10.1. The predicted molar refractivity (Wildman–Crippen MR) is 98.6 cm³/mol. The Morgan fingerprint density at radius 2 is 1.73 bits per heavy atom. The molecule has 0 unspecified atom stereocenters. The highest BCUT2D eigenvalue weighted by atomic mass is 16.2. The van der Waals surface area contributed by atoms with Crippen molar-refractivity contribution in [3.8, 4) is 11.8 Å². The van der Waals surface area contributed by atoms with Gasteiger partial charge in [-0.25, -0.2) is 4.98 Å². The molecule has 0 fully saturated rings. The predicted octanol–water partition coefficient (Wildman–Crippen LogP) is 1.77. The lowest BCUT2D eigenvalue weighted by molar-refractivity contribution is 0.0948. The third-order valence-corrected chi connectivity index (χ3v) is 3.64. The van der Waals surface area contributed by atoms with Crippen LogP contribution in [0.15, 0.2) is 54.7 Å². The molecule has 3 rings (SSSR count). The Labute approximate surface area is 150 Å². The van der Waals surface area contributed by atoms with Crippen LogP contribution in [0, 0.1) is 11.8 Å². The molecule has 0 saturated carbocycles. The maximum absolute atomic E-state index is 12.2. The highest BCUT2D eigenvalue weighted by Crippen LogP contribution is 2.08. The Morgan fingerprint density at radius 3 is 2.54 bits per heavy atom. The number of nitrogens with zero attached hydrogens (tertiary/aromatic N) is 2. The van der Waals surface area contributed by atoms with Crippen LogP contribution in [0.5, 0.6) is 0 Å². The standard InChI is InChI=1S/C20H16N4O2/c1-21-19(25)15-9-3-2-7-14(15)8-6-12-22-20(26)18-13-23-16-10-4-5-11-17(16)24-18/h2-5,7,9-11,13H,12H2,1H3,(H,21,25)(H,22,26). The minimum Gasteiger partial charge on any atom is -0.355 e. The number of aromatic nitrogens is 2. The number of para-hydroxylation sites is 2. The smallest absolute Gasteiger partial charge is 0.272 e. The van der Waals surface area contributed by atoms with Crippen molar-refractivity contribution < 1.29 is 9.59 Å². The van der Waals surface area contributed by atoms with Crippen LogP contribution in [0.4, 0.5) is 0 Å². The van der Waals surface area contributed by atoms with Gasteiger partial charge < -0.3 is 10.6 Å². The zero-order valence-corrected chi connectivity index (χ0v) is 14.1. The Bertz CT molecular complexity index is 1030. The number of fused-ring (bicyclic) bond motifs is 1. The van der Waals surface area contributed by atoms with Gasteiger partial charge in [-0.1, -0.05) is 36.1 Å².